The van der Waals surface area contributed by atoms with Gasteiger partial charge < -0.3 is 4.98 Å². The number of aromatic amines is 1. The predicted molar refractivity (Wildman–Crippen MR) is 118 cm³/mol. The van der Waals surface area contributed by atoms with Crippen molar-refractivity contribution in [2.24, 2.45) is 4.99 Å². The first-order valence-corrected chi connectivity index (χ1v) is 10.2. The number of aliphatic imine (C=N–C) groups is 1. The highest BCUT2D eigenvalue weighted by atomic mass is 16.2. The van der Waals surface area contributed by atoms with Gasteiger partial charge in [0.1, 0.15) is 0 Å². The smallest absolute Gasteiger partial charge is 0.358 e. The Kier molecular flexibility index (Phi) is 4.23. The number of hydrogen-bond acceptors (Lipinski definition) is 2. The molecule has 2 aromatic carbocycles. The lowest BCUT2D eigenvalue weighted by molar-refractivity contribution is 0.248. The summed E-state index contributed by atoms with van der Waals surface area (Å²) in [6, 6.07) is 14.3. The first-order valence-electron chi connectivity index (χ1n) is 10.2. The molecule has 1 aromatic heterocycles. The van der Waals surface area contributed by atoms with Crippen LogP contribution in [0.1, 0.15) is 42.1 Å². The summed E-state index contributed by atoms with van der Waals surface area (Å²) in [7, 11) is 0. The minimum Gasteiger partial charge on any atom is -0.358 e. The first kappa shape index (κ1) is 17.7. The van der Waals surface area contributed by atoms with Crippen LogP contribution in [-0.4, -0.2) is 23.3 Å². The second kappa shape index (κ2) is 6.92. The van der Waals surface area contributed by atoms with Crippen molar-refractivity contribution in [3.8, 4) is 0 Å². The van der Waals surface area contributed by atoms with Crippen molar-refractivity contribution in [2.45, 2.75) is 32.6 Å². The zero-order valence-corrected chi connectivity index (χ0v) is 16.7. The highest BCUT2D eigenvalue weighted by molar-refractivity contribution is 6.20. The van der Waals surface area contributed by atoms with Gasteiger partial charge in [0.2, 0.25) is 0 Å². The van der Waals surface area contributed by atoms with Gasteiger partial charge in [0.05, 0.1) is 11.4 Å². The van der Waals surface area contributed by atoms with Gasteiger partial charge in [0.15, 0.2) is 0 Å². The number of rotatable bonds is 2. The molecule has 1 aliphatic carbocycles. The van der Waals surface area contributed by atoms with E-state index in [1.807, 2.05) is 29.3 Å². The number of hydrazine groups is 1. The Morgan fingerprint density at radius 3 is 2.93 bits per heavy atom. The maximum Gasteiger partial charge on any atom is 0.360 e. The van der Waals surface area contributed by atoms with Crippen molar-refractivity contribution in [2.75, 3.05) is 11.6 Å². The number of aromatic nitrogens is 1. The quantitative estimate of drug-likeness (QED) is 0.661. The molecule has 0 spiro atoms. The van der Waals surface area contributed by atoms with E-state index < -0.39 is 0 Å². The summed E-state index contributed by atoms with van der Waals surface area (Å²) in [5.74, 6) is 0.499. The number of carbonyl (C=O) groups excluding carboxylic acids is 1. The summed E-state index contributed by atoms with van der Waals surface area (Å²) in [4.78, 5) is 20.6. The number of para-hydroxylation sites is 1. The molecule has 0 bridgehead atoms. The maximum absolute atomic E-state index is 12.7. The van der Waals surface area contributed by atoms with E-state index in [1.165, 1.54) is 11.1 Å². The number of fused-ring (bicyclic) bond motifs is 4. The van der Waals surface area contributed by atoms with Crippen LogP contribution in [0.15, 0.2) is 59.6 Å². The van der Waals surface area contributed by atoms with E-state index in [1.54, 1.807) is 0 Å². The molecule has 5 nitrogen and oxygen atoms in total. The molecule has 146 valence electrons. The van der Waals surface area contributed by atoms with Crippen LogP contribution in [0.25, 0.3) is 10.9 Å². The molecule has 1 aliphatic heterocycles. The predicted octanol–water partition coefficient (Wildman–Crippen LogP) is 4.88. The number of benzene rings is 2. The van der Waals surface area contributed by atoms with Gasteiger partial charge in [0, 0.05) is 35.1 Å². The molecule has 2 N–H and O–H groups in total. The molecule has 0 atom stereocenters. The molecule has 3 aromatic rings. The van der Waals surface area contributed by atoms with Crippen molar-refractivity contribution in [3.63, 3.8) is 0 Å². The number of hydrogen-bond donors (Lipinski definition) is 2. The lowest BCUT2D eigenvalue weighted by Crippen LogP contribution is -2.40. The van der Waals surface area contributed by atoms with E-state index >= 15 is 0 Å². The molecule has 2 heterocycles. The van der Waals surface area contributed by atoms with Crippen molar-refractivity contribution in [1.29, 1.82) is 0 Å². The van der Waals surface area contributed by atoms with Gasteiger partial charge >= 0.3 is 6.03 Å². The average molecular weight is 384 g/mol. The normalized spacial score (nSPS) is 16.5. The molecule has 29 heavy (non-hydrogen) atoms. The number of allylic oxidation sites excluding steroid dienone is 2. The molecule has 0 unspecified atom stereocenters. The SMILES string of the molecule is CC(C)c1ccc2c(c1)CCN2NC(=O)N=C1C=CCc2[nH]c3ccccc3c21. The van der Waals surface area contributed by atoms with E-state index in [4.69, 9.17) is 0 Å². The van der Waals surface area contributed by atoms with Crippen LogP contribution in [0.3, 0.4) is 0 Å². The molecule has 2 aliphatic rings. The fourth-order valence-corrected chi connectivity index (χ4v) is 4.26. The third kappa shape index (κ3) is 3.12. The zero-order chi connectivity index (χ0) is 20.0. The van der Waals surface area contributed by atoms with Crippen LogP contribution in [0.5, 0.6) is 0 Å². The summed E-state index contributed by atoms with van der Waals surface area (Å²) < 4.78 is 0. The Hall–Kier alpha value is -3.34. The van der Waals surface area contributed by atoms with Gasteiger partial charge in [-0.25, -0.2) is 10.2 Å². The van der Waals surface area contributed by atoms with Crippen LogP contribution >= 0.6 is 0 Å². The number of nitrogens with one attached hydrogen (secondary N) is 2. The molecule has 2 amide bonds. The molecular weight excluding hydrogens is 360 g/mol. The van der Waals surface area contributed by atoms with Crippen molar-refractivity contribution >= 4 is 28.3 Å². The van der Waals surface area contributed by atoms with Gasteiger partial charge in [-0.2, -0.15) is 4.99 Å². The van der Waals surface area contributed by atoms with Gasteiger partial charge in [-0.05, 0) is 41.7 Å². The van der Waals surface area contributed by atoms with E-state index in [9.17, 15) is 4.79 Å². The Morgan fingerprint density at radius 2 is 2.07 bits per heavy atom. The number of amides is 2. The molecule has 5 heteroatoms. The molecule has 0 fully saturated rings. The fourth-order valence-electron chi connectivity index (χ4n) is 4.26. The summed E-state index contributed by atoms with van der Waals surface area (Å²) >= 11 is 0. The van der Waals surface area contributed by atoms with E-state index in [0.29, 0.717) is 11.6 Å². The summed E-state index contributed by atoms with van der Waals surface area (Å²) in [6.07, 6.45) is 5.74. The minimum absolute atomic E-state index is 0.344. The second-order valence-electron chi connectivity index (χ2n) is 7.99. The second-order valence-corrected chi connectivity index (χ2v) is 7.99. The van der Waals surface area contributed by atoms with Crippen LogP contribution in [0.2, 0.25) is 0 Å². The van der Waals surface area contributed by atoms with Crippen molar-refractivity contribution < 1.29 is 4.79 Å². The van der Waals surface area contributed by atoms with Gasteiger partial charge in [0.25, 0.3) is 0 Å². The summed E-state index contributed by atoms with van der Waals surface area (Å²) in [5.41, 5.74) is 10.5. The number of carbonyl (C=O) groups is 1. The molecule has 0 saturated carbocycles. The number of nitrogens with zero attached hydrogens (tertiary/aromatic N) is 2. The topological polar surface area (TPSA) is 60.5 Å². The largest absolute Gasteiger partial charge is 0.360 e. The molecule has 5 rings (SSSR count). The van der Waals surface area contributed by atoms with Crippen molar-refractivity contribution in [3.05, 3.63) is 77.0 Å². The van der Waals surface area contributed by atoms with E-state index in [2.05, 4.69) is 59.6 Å². The maximum atomic E-state index is 12.7. The fraction of sp³-hybridized carbons (Fsp3) is 0.250. The number of anilines is 1. The first-order chi connectivity index (χ1) is 14.1. The number of H-pyrrole nitrogens is 1. The Morgan fingerprint density at radius 1 is 1.21 bits per heavy atom. The Labute approximate surface area is 170 Å². The van der Waals surface area contributed by atoms with Gasteiger partial charge in [-0.15, -0.1) is 0 Å². The third-order valence-corrected chi connectivity index (χ3v) is 5.76. The molecule has 0 saturated heterocycles. The standard InChI is InChI=1S/C24H24N4O/c1-15(2)16-10-11-22-17(14-16)12-13-28(22)27-24(29)26-21-9-5-8-20-23(21)18-6-3-4-7-19(18)25-20/h3-7,9-11,14-15,25H,8,12-13H2,1-2H3,(H,27,29). The van der Waals surface area contributed by atoms with Crippen LogP contribution in [-0.2, 0) is 12.8 Å². The van der Waals surface area contributed by atoms with Crippen LogP contribution in [0.4, 0.5) is 10.5 Å². The summed E-state index contributed by atoms with van der Waals surface area (Å²) in [6.45, 7) is 5.16. The highest BCUT2D eigenvalue weighted by Gasteiger charge is 2.23. The van der Waals surface area contributed by atoms with E-state index in [0.717, 1.165) is 47.2 Å². The zero-order valence-electron chi connectivity index (χ0n) is 16.7. The Balaban J connectivity index is 1.41. The van der Waals surface area contributed by atoms with Gasteiger partial charge in [-0.3, -0.25) is 5.01 Å². The van der Waals surface area contributed by atoms with E-state index in [-0.39, 0.29) is 6.03 Å². The Bertz CT molecular complexity index is 1170. The van der Waals surface area contributed by atoms with Crippen LogP contribution in [0, 0.1) is 0 Å². The molecule has 0 radical (unpaired) electrons. The van der Waals surface area contributed by atoms with Gasteiger partial charge in [-0.1, -0.05) is 50.3 Å². The van der Waals surface area contributed by atoms with Crippen LogP contribution < -0.4 is 10.4 Å². The highest BCUT2D eigenvalue weighted by Crippen LogP contribution is 2.30. The monoisotopic (exact) mass is 384 g/mol. The third-order valence-electron chi connectivity index (χ3n) is 5.76. The average Bonchev–Trinajstić information content (AvgIpc) is 3.29. The lowest BCUT2D eigenvalue weighted by Gasteiger charge is -2.20. The van der Waals surface area contributed by atoms with Crippen molar-refractivity contribution in [1.82, 2.24) is 10.4 Å². The molecular formula is C24H24N4O. The summed E-state index contributed by atoms with van der Waals surface area (Å²) in [5, 5.41) is 3.01. The lowest BCUT2D eigenvalue weighted by atomic mass is 9.99. The number of urea groups is 1. The minimum atomic E-state index is -0.344.